The van der Waals surface area contributed by atoms with E-state index < -0.39 is 0 Å². The molecule has 0 bridgehead atoms. The highest BCUT2D eigenvalue weighted by atomic mass is 35.5. The first-order valence-corrected chi connectivity index (χ1v) is 5.85. The molecule has 0 spiro atoms. The fourth-order valence-corrected chi connectivity index (χ4v) is 2.09. The molecule has 0 fully saturated rings. The Labute approximate surface area is 109 Å². The molecule has 0 N–H and O–H groups in total. The second kappa shape index (κ2) is 4.21. The highest BCUT2D eigenvalue weighted by molar-refractivity contribution is 6.30. The molecular weight excluding hydrogens is 246 g/mol. The third kappa shape index (κ3) is 1.66. The van der Waals surface area contributed by atoms with Gasteiger partial charge >= 0.3 is 0 Å². The lowest BCUT2D eigenvalue weighted by molar-refractivity contribution is 0.630. The highest BCUT2D eigenvalue weighted by Gasteiger charge is 2.14. The van der Waals surface area contributed by atoms with Crippen molar-refractivity contribution in [3.8, 4) is 17.4 Å². The van der Waals surface area contributed by atoms with Gasteiger partial charge in [0.2, 0.25) is 0 Å². The zero-order valence-electron chi connectivity index (χ0n) is 9.35. The third-order valence-electron chi connectivity index (χ3n) is 2.81. The summed E-state index contributed by atoms with van der Waals surface area (Å²) in [5.41, 5.74) is 2.14. The third-order valence-corrected chi connectivity index (χ3v) is 3.07. The number of fused-ring (bicyclic) bond motifs is 1. The molecule has 3 aromatic rings. The van der Waals surface area contributed by atoms with Gasteiger partial charge in [0.1, 0.15) is 17.2 Å². The molecule has 2 aromatic carbocycles. The van der Waals surface area contributed by atoms with Crippen LogP contribution in [0.2, 0.25) is 5.02 Å². The molecule has 3 heteroatoms. The summed E-state index contributed by atoms with van der Waals surface area (Å²) < 4.78 is 5.75. The summed E-state index contributed by atoms with van der Waals surface area (Å²) >= 11 is 5.86. The Morgan fingerprint density at radius 3 is 2.44 bits per heavy atom. The number of hydrogen-bond acceptors (Lipinski definition) is 2. The average Bonchev–Trinajstić information content (AvgIpc) is 2.78. The summed E-state index contributed by atoms with van der Waals surface area (Å²) in [4.78, 5) is 0. The summed E-state index contributed by atoms with van der Waals surface area (Å²) in [5, 5.41) is 10.8. The molecule has 0 unspecified atom stereocenters. The number of furan rings is 1. The van der Waals surface area contributed by atoms with E-state index in [0.717, 1.165) is 16.5 Å². The van der Waals surface area contributed by atoms with Gasteiger partial charge in [-0.05, 0) is 36.4 Å². The molecule has 0 atom stereocenters. The fraction of sp³-hybridized carbons (Fsp3) is 0. The predicted octanol–water partition coefficient (Wildman–Crippen LogP) is 4.62. The minimum Gasteiger partial charge on any atom is -0.455 e. The Kier molecular flexibility index (Phi) is 2.55. The van der Waals surface area contributed by atoms with Gasteiger partial charge in [-0.1, -0.05) is 23.7 Å². The van der Waals surface area contributed by atoms with Crippen molar-refractivity contribution in [2.24, 2.45) is 0 Å². The molecule has 86 valence electrons. The Morgan fingerprint density at radius 2 is 1.72 bits per heavy atom. The van der Waals surface area contributed by atoms with Crippen LogP contribution in [-0.2, 0) is 0 Å². The van der Waals surface area contributed by atoms with Gasteiger partial charge in [-0.25, -0.2) is 0 Å². The molecule has 0 saturated carbocycles. The van der Waals surface area contributed by atoms with Crippen LogP contribution >= 0.6 is 11.6 Å². The minimum absolute atomic E-state index is 0.563. The quantitative estimate of drug-likeness (QED) is 0.634. The van der Waals surface area contributed by atoms with Crippen molar-refractivity contribution in [2.45, 2.75) is 0 Å². The van der Waals surface area contributed by atoms with Crippen LogP contribution in [0.3, 0.4) is 0 Å². The van der Waals surface area contributed by atoms with E-state index in [1.165, 1.54) is 0 Å². The summed E-state index contributed by atoms with van der Waals surface area (Å²) in [7, 11) is 0. The number of nitrogens with zero attached hydrogens (tertiary/aromatic N) is 1. The van der Waals surface area contributed by atoms with Crippen LogP contribution in [0.1, 0.15) is 5.56 Å². The average molecular weight is 254 g/mol. The van der Waals surface area contributed by atoms with Crippen LogP contribution in [-0.4, -0.2) is 0 Å². The van der Waals surface area contributed by atoms with E-state index in [9.17, 15) is 5.26 Å². The predicted molar refractivity (Wildman–Crippen MR) is 71.4 cm³/mol. The molecule has 0 aliphatic heterocycles. The highest BCUT2D eigenvalue weighted by Crippen LogP contribution is 2.33. The summed E-state index contributed by atoms with van der Waals surface area (Å²) in [6.07, 6.45) is 0. The van der Waals surface area contributed by atoms with Crippen molar-refractivity contribution >= 4 is 22.6 Å². The molecule has 1 aromatic heterocycles. The summed E-state index contributed by atoms with van der Waals surface area (Å²) in [6.45, 7) is 0. The topological polar surface area (TPSA) is 36.9 Å². The van der Waals surface area contributed by atoms with E-state index in [1.807, 2.05) is 36.4 Å². The van der Waals surface area contributed by atoms with Crippen molar-refractivity contribution in [3.63, 3.8) is 0 Å². The monoisotopic (exact) mass is 253 g/mol. The number of rotatable bonds is 1. The zero-order valence-corrected chi connectivity index (χ0v) is 10.1. The zero-order chi connectivity index (χ0) is 12.5. The fourth-order valence-electron chi connectivity index (χ4n) is 1.96. The van der Waals surface area contributed by atoms with Crippen molar-refractivity contribution < 1.29 is 4.42 Å². The number of hydrogen-bond donors (Lipinski definition) is 0. The maximum Gasteiger partial charge on any atom is 0.153 e. The second-order valence-corrected chi connectivity index (χ2v) is 4.36. The second-order valence-electron chi connectivity index (χ2n) is 3.92. The molecule has 1 heterocycles. The van der Waals surface area contributed by atoms with Gasteiger partial charge in [-0.15, -0.1) is 0 Å². The number of nitriles is 1. The van der Waals surface area contributed by atoms with E-state index in [1.54, 1.807) is 12.1 Å². The molecule has 0 aliphatic rings. The van der Waals surface area contributed by atoms with Crippen molar-refractivity contribution in [1.29, 1.82) is 5.26 Å². The number of halogens is 1. The largest absolute Gasteiger partial charge is 0.455 e. The van der Waals surface area contributed by atoms with Crippen molar-refractivity contribution in [1.82, 2.24) is 0 Å². The maximum atomic E-state index is 9.29. The van der Waals surface area contributed by atoms with Crippen molar-refractivity contribution in [2.75, 3.05) is 0 Å². The van der Waals surface area contributed by atoms with Gasteiger partial charge in [-0.2, -0.15) is 5.26 Å². The molecule has 0 radical (unpaired) electrons. The number of para-hydroxylation sites is 1. The molecule has 0 amide bonds. The van der Waals surface area contributed by atoms with Crippen LogP contribution in [0.4, 0.5) is 0 Å². The van der Waals surface area contributed by atoms with E-state index in [0.29, 0.717) is 16.3 Å². The lowest BCUT2D eigenvalue weighted by Gasteiger charge is -1.97. The van der Waals surface area contributed by atoms with Crippen LogP contribution in [0.25, 0.3) is 22.3 Å². The Bertz CT molecular complexity index is 750. The Balaban J connectivity index is 2.29. The van der Waals surface area contributed by atoms with E-state index in [4.69, 9.17) is 16.0 Å². The van der Waals surface area contributed by atoms with Crippen LogP contribution in [0.15, 0.2) is 52.9 Å². The van der Waals surface area contributed by atoms with Gasteiger partial charge in [0, 0.05) is 16.0 Å². The molecular formula is C15H8ClNO. The Hall–Kier alpha value is -2.24. The van der Waals surface area contributed by atoms with Gasteiger partial charge in [-0.3, -0.25) is 0 Å². The van der Waals surface area contributed by atoms with Gasteiger partial charge in [0.05, 0.1) is 0 Å². The normalized spacial score (nSPS) is 10.4. The minimum atomic E-state index is 0.563. The molecule has 3 rings (SSSR count). The number of benzene rings is 2. The molecule has 18 heavy (non-hydrogen) atoms. The van der Waals surface area contributed by atoms with Crippen LogP contribution in [0, 0.1) is 11.3 Å². The van der Waals surface area contributed by atoms with Gasteiger partial charge in [0.15, 0.2) is 5.76 Å². The van der Waals surface area contributed by atoms with E-state index in [2.05, 4.69) is 6.07 Å². The lowest BCUT2D eigenvalue weighted by atomic mass is 10.1. The first kappa shape index (κ1) is 10.9. The van der Waals surface area contributed by atoms with Crippen LogP contribution < -0.4 is 0 Å². The smallest absolute Gasteiger partial charge is 0.153 e. The van der Waals surface area contributed by atoms with Crippen molar-refractivity contribution in [3.05, 3.63) is 59.1 Å². The molecule has 0 aliphatic carbocycles. The lowest BCUT2D eigenvalue weighted by Crippen LogP contribution is -1.78. The summed E-state index contributed by atoms with van der Waals surface area (Å²) in [5.74, 6) is 0.593. The van der Waals surface area contributed by atoms with Gasteiger partial charge < -0.3 is 4.42 Å². The summed E-state index contributed by atoms with van der Waals surface area (Å²) in [6, 6.07) is 17.0. The molecule has 2 nitrogen and oxygen atoms in total. The first-order chi connectivity index (χ1) is 8.79. The van der Waals surface area contributed by atoms with Gasteiger partial charge in [0.25, 0.3) is 0 Å². The van der Waals surface area contributed by atoms with E-state index in [-0.39, 0.29) is 0 Å². The standard InChI is InChI=1S/C15H8ClNO/c16-11-7-5-10(6-8-11)15-13(9-17)12-3-1-2-4-14(12)18-15/h1-8H. The first-order valence-electron chi connectivity index (χ1n) is 5.47. The molecule has 0 saturated heterocycles. The maximum absolute atomic E-state index is 9.29. The van der Waals surface area contributed by atoms with E-state index >= 15 is 0 Å². The van der Waals surface area contributed by atoms with Crippen LogP contribution in [0.5, 0.6) is 0 Å². The SMILES string of the molecule is N#Cc1c(-c2ccc(Cl)cc2)oc2ccccc12. The Morgan fingerprint density at radius 1 is 1.00 bits per heavy atom.